The molecular formula is C14H15ClN2O. The molecule has 3 nitrogen and oxygen atoms in total. The van der Waals surface area contributed by atoms with Gasteiger partial charge in [0, 0.05) is 18.6 Å². The van der Waals surface area contributed by atoms with Gasteiger partial charge in [-0.2, -0.15) is 5.26 Å². The zero-order valence-corrected chi connectivity index (χ0v) is 11.1. The molecule has 0 N–H and O–H groups in total. The minimum absolute atomic E-state index is 0.111. The lowest BCUT2D eigenvalue weighted by Crippen LogP contribution is -2.37. The van der Waals surface area contributed by atoms with E-state index in [4.69, 9.17) is 16.9 Å². The zero-order valence-electron chi connectivity index (χ0n) is 10.3. The second-order valence-corrected chi connectivity index (χ2v) is 5.16. The summed E-state index contributed by atoms with van der Waals surface area (Å²) in [6, 6.07) is 9.54. The fourth-order valence-corrected chi connectivity index (χ4v) is 2.33. The van der Waals surface area contributed by atoms with Crippen LogP contribution in [0.1, 0.15) is 24.8 Å². The number of nitriles is 1. The monoisotopic (exact) mass is 262 g/mol. The van der Waals surface area contributed by atoms with Gasteiger partial charge in [0.1, 0.15) is 0 Å². The number of hydrogen-bond acceptors (Lipinski definition) is 2. The van der Waals surface area contributed by atoms with Gasteiger partial charge in [-0.15, -0.1) is 0 Å². The van der Waals surface area contributed by atoms with Gasteiger partial charge in [-0.1, -0.05) is 23.7 Å². The average Bonchev–Trinajstić information content (AvgIpc) is 3.17. The van der Waals surface area contributed by atoms with Crippen LogP contribution in [0.5, 0.6) is 0 Å². The molecule has 1 aromatic rings. The third kappa shape index (κ3) is 2.34. The predicted molar refractivity (Wildman–Crippen MR) is 70.2 cm³/mol. The summed E-state index contributed by atoms with van der Waals surface area (Å²) < 4.78 is 0. The number of nitrogens with zero attached hydrogens (tertiary/aromatic N) is 2. The van der Waals surface area contributed by atoms with Crippen LogP contribution < -0.4 is 0 Å². The minimum Gasteiger partial charge on any atom is -0.344 e. The molecule has 0 heterocycles. The Hall–Kier alpha value is -1.53. The molecule has 0 bridgehead atoms. The number of carbonyl (C=O) groups is 1. The molecule has 1 aliphatic carbocycles. The standard InChI is InChI=1S/C14H15ClN2O/c1-17(10-2-9-16)13(18)14(7-8-14)11-3-5-12(15)6-4-11/h3-6H,2,7-8,10H2,1H3. The van der Waals surface area contributed by atoms with E-state index in [1.54, 1.807) is 11.9 Å². The summed E-state index contributed by atoms with van der Waals surface area (Å²) >= 11 is 5.86. The summed E-state index contributed by atoms with van der Waals surface area (Å²) in [4.78, 5) is 14.1. The van der Waals surface area contributed by atoms with Crippen molar-refractivity contribution in [3.05, 3.63) is 34.9 Å². The molecule has 0 atom stereocenters. The van der Waals surface area contributed by atoms with E-state index in [1.165, 1.54) is 0 Å². The molecule has 18 heavy (non-hydrogen) atoms. The van der Waals surface area contributed by atoms with E-state index in [9.17, 15) is 4.79 Å². The first-order valence-electron chi connectivity index (χ1n) is 5.99. The molecule has 1 fully saturated rings. The largest absolute Gasteiger partial charge is 0.344 e. The second-order valence-electron chi connectivity index (χ2n) is 4.72. The van der Waals surface area contributed by atoms with Gasteiger partial charge in [0.25, 0.3) is 0 Å². The van der Waals surface area contributed by atoms with E-state index in [0.717, 1.165) is 18.4 Å². The fraction of sp³-hybridized carbons (Fsp3) is 0.429. The minimum atomic E-state index is -0.366. The highest BCUT2D eigenvalue weighted by molar-refractivity contribution is 6.30. The third-order valence-electron chi connectivity index (χ3n) is 3.46. The lowest BCUT2D eigenvalue weighted by Gasteiger charge is -2.23. The molecule has 4 heteroatoms. The summed E-state index contributed by atoms with van der Waals surface area (Å²) in [5.41, 5.74) is 0.662. The van der Waals surface area contributed by atoms with Crippen LogP contribution in [0, 0.1) is 11.3 Å². The Morgan fingerprint density at radius 2 is 2.06 bits per heavy atom. The van der Waals surface area contributed by atoms with E-state index in [-0.39, 0.29) is 11.3 Å². The highest BCUT2D eigenvalue weighted by atomic mass is 35.5. The van der Waals surface area contributed by atoms with Crippen molar-refractivity contribution < 1.29 is 4.79 Å². The highest BCUT2D eigenvalue weighted by Crippen LogP contribution is 2.49. The summed E-state index contributed by atoms with van der Waals surface area (Å²) in [5, 5.41) is 9.24. The highest BCUT2D eigenvalue weighted by Gasteiger charge is 2.52. The quantitative estimate of drug-likeness (QED) is 0.837. The van der Waals surface area contributed by atoms with Gasteiger partial charge >= 0.3 is 0 Å². The Morgan fingerprint density at radius 1 is 1.44 bits per heavy atom. The molecule has 1 amide bonds. The Balaban J connectivity index is 2.14. The van der Waals surface area contributed by atoms with Crippen LogP contribution >= 0.6 is 11.6 Å². The van der Waals surface area contributed by atoms with Crippen LogP contribution in [-0.4, -0.2) is 24.4 Å². The SMILES string of the molecule is CN(CCC#N)C(=O)C1(c2ccc(Cl)cc2)CC1. The van der Waals surface area contributed by atoms with Crippen LogP contribution in [0.2, 0.25) is 5.02 Å². The Bertz CT molecular complexity index is 486. The maximum atomic E-state index is 12.4. The maximum absolute atomic E-state index is 12.4. The van der Waals surface area contributed by atoms with Crippen LogP contribution in [0.4, 0.5) is 0 Å². The second kappa shape index (κ2) is 4.99. The number of likely N-dealkylation sites (N-methyl/N-ethyl adjacent to an activating group) is 1. The summed E-state index contributed by atoms with van der Waals surface area (Å²) in [5.74, 6) is 0.111. The molecule has 0 aliphatic heterocycles. The molecule has 0 saturated heterocycles. The molecule has 1 aromatic carbocycles. The van der Waals surface area contributed by atoms with Crippen LogP contribution in [0.15, 0.2) is 24.3 Å². The van der Waals surface area contributed by atoms with Crippen molar-refractivity contribution in [2.45, 2.75) is 24.7 Å². The van der Waals surface area contributed by atoms with Gasteiger partial charge in [0.2, 0.25) is 5.91 Å². The third-order valence-corrected chi connectivity index (χ3v) is 3.71. The van der Waals surface area contributed by atoms with Crippen molar-refractivity contribution in [2.24, 2.45) is 0 Å². The number of rotatable bonds is 4. The van der Waals surface area contributed by atoms with E-state index in [0.29, 0.717) is 18.0 Å². The molecule has 1 saturated carbocycles. The lowest BCUT2D eigenvalue weighted by atomic mass is 9.94. The van der Waals surface area contributed by atoms with Gasteiger partial charge in [0.15, 0.2) is 0 Å². The van der Waals surface area contributed by atoms with E-state index in [2.05, 4.69) is 6.07 Å². The predicted octanol–water partition coefficient (Wildman–Crippen LogP) is 2.74. The van der Waals surface area contributed by atoms with E-state index >= 15 is 0 Å². The average molecular weight is 263 g/mol. The first-order valence-corrected chi connectivity index (χ1v) is 6.36. The van der Waals surface area contributed by atoms with Gasteiger partial charge in [-0.3, -0.25) is 4.79 Å². The van der Waals surface area contributed by atoms with Gasteiger partial charge < -0.3 is 4.90 Å². The zero-order chi connectivity index (χ0) is 13.2. The van der Waals surface area contributed by atoms with Crippen molar-refractivity contribution in [3.63, 3.8) is 0 Å². The Labute approximate surface area is 112 Å². The smallest absolute Gasteiger partial charge is 0.232 e. The first-order chi connectivity index (χ1) is 8.60. The number of halogens is 1. The van der Waals surface area contributed by atoms with Crippen LogP contribution in [0.3, 0.4) is 0 Å². The van der Waals surface area contributed by atoms with Crippen LogP contribution in [-0.2, 0) is 10.2 Å². The summed E-state index contributed by atoms with van der Waals surface area (Å²) in [7, 11) is 1.76. The van der Waals surface area contributed by atoms with Crippen molar-refractivity contribution in [1.29, 1.82) is 5.26 Å². The Kier molecular flexibility index (Phi) is 3.58. The van der Waals surface area contributed by atoms with Gasteiger partial charge in [-0.05, 0) is 30.5 Å². The van der Waals surface area contributed by atoms with Crippen molar-refractivity contribution in [3.8, 4) is 6.07 Å². The molecule has 94 valence electrons. The number of amides is 1. The molecule has 0 aromatic heterocycles. The number of carbonyl (C=O) groups excluding carboxylic acids is 1. The van der Waals surface area contributed by atoms with Crippen molar-refractivity contribution >= 4 is 17.5 Å². The molecule has 0 unspecified atom stereocenters. The fourth-order valence-electron chi connectivity index (χ4n) is 2.20. The van der Waals surface area contributed by atoms with E-state index < -0.39 is 0 Å². The Morgan fingerprint density at radius 3 is 2.56 bits per heavy atom. The normalized spacial score (nSPS) is 15.8. The van der Waals surface area contributed by atoms with E-state index in [1.807, 2.05) is 24.3 Å². The molecule has 2 rings (SSSR count). The van der Waals surface area contributed by atoms with Crippen molar-refractivity contribution in [2.75, 3.05) is 13.6 Å². The topological polar surface area (TPSA) is 44.1 Å². The summed E-state index contributed by atoms with van der Waals surface area (Å²) in [6.45, 7) is 0.491. The lowest BCUT2D eigenvalue weighted by molar-refractivity contribution is -0.132. The van der Waals surface area contributed by atoms with Gasteiger partial charge in [-0.25, -0.2) is 0 Å². The number of hydrogen-bond donors (Lipinski definition) is 0. The first kappa shape index (κ1) is 12.9. The van der Waals surface area contributed by atoms with Gasteiger partial charge in [0.05, 0.1) is 17.9 Å². The molecule has 0 radical (unpaired) electrons. The van der Waals surface area contributed by atoms with Crippen molar-refractivity contribution in [1.82, 2.24) is 4.90 Å². The maximum Gasteiger partial charge on any atom is 0.232 e. The number of benzene rings is 1. The molecular weight excluding hydrogens is 248 g/mol. The van der Waals surface area contributed by atoms with Crippen LogP contribution in [0.25, 0.3) is 0 Å². The summed E-state index contributed by atoms with van der Waals surface area (Å²) in [6.07, 6.45) is 2.13. The molecule has 1 aliphatic rings. The molecule has 0 spiro atoms.